The zero-order chi connectivity index (χ0) is 8.08. The Kier molecular flexibility index (Phi) is 40.3. The molecule has 0 aliphatic heterocycles. The van der Waals surface area contributed by atoms with Crippen LogP contribution in [-0.4, -0.2) is 17.5 Å². The van der Waals surface area contributed by atoms with Crippen LogP contribution < -0.4 is 92.7 Å². The van der Waals surface area contributed by atoms with Crippen LogP contribution >= 0.6 is 0 Å². The van der Waals surface area contributed by atoms with Gasteiger partial charge in [0.25, 0.3) is 0 Å². The molecule has 0 aromatic rings. The third-order valence-electron chi connectivity index (χ3n) is 0. The minimum atomic E-state index is -5.17. The average molecular weight is 264 g/mol. The Balaban J connectivity index is -0.0000000221. The van der Waals surface area contributed by atoms with E-state index in [2.05, 4.69) is 0 Å². The van der Waals surface area contributed by atoms with Crippen molar-refractivity contribution in [3.8, 4) is 0 Å². The second kappa shape index (κ2) is 16.4. The zero-order valence-corrected chi connectivity index (χ0v) is 14.9. The standard InChI is InChI=1S/3Na.H2O4S.3O.V/c;;;1-5(2,3)4;;;;/h;;;(H2,1,2,3,4);;;;/q3*+1;;;;-1;/p-2. The molecule has 0 bridgehead atoms. The summed E-state index contributed by atoms with van der Waals surface area (Å²) in [4.78, 5) is 0. The number of hydrogen-bond acceptors (Lipinski definition) is 7. The summed E-state index contributed by atoms with van der Waals surface area (Å²) in [5.41, 5.74) is 0. The van der Waals surface area contributed by atoms with Crippen molar-refractivity contribution in [2.75, 3.05) is 0 Å². The van der Waals surface area contributed by atoms with E-state index in [1.807, 2.05) is 0 Å². The molecule has 0 unspecified atom stereocenters. The monoisotopic (exact) mass is 264 g/mol. The molecule has 0 N–H and O–H groups in total. The van der Waals surface area contributed by atoms with Crippen molar-refractivity contribution >= 4 is 10.4 Å². The van der Waals surface area contributed by atoms with Gasteiger partial charge < -0.3 is 9.11 Å². The summed E-state index contributed by atoms with van der Waals surface area (Å²) in [7, 11) is -5.17. The van der Waals surface area contributed by atoms with Crippen LogP contribution in [0.25, 0.3) is 0 Å². The Labute approximate surface area is 140 Å². The molecule has 0 heterocycles. The van der Waals surface area contributed by atoms with Gasteiger partial charge in [0.05, 0.1) is 0 Å². The Bertz CT molecular complexity index is 199. The maximum absolute atomic E-state index is 8.56. The summed E-state index contributed by atoms with van der Waals surface area (Å²) >= 11 is -3.94. The van der Waals surface area contributed by atoms with Crippen LogP contribution in [0, 0.1) is 0 Å². The van der Waals surface area contributed by atoms with E-state index in [9.17, 15) is 0 Å². The first-order valence-corrected chi connectivity index (χ1v) is 4.26. The molecule has 12 heavy (non-hydrogen) atoms. The van der Waals surface area contributed by atoms with E-state index < -0.39 is 25.8 Å². The average Bonchev–Trinajstić information content (AvgIpc) is 1.19. The van der Waals surface area contributed by atoms with Gasteiger partial charge in [-0.15, -0.1) is 0 Å². The summed E-state index contributed by atoms with van der Waals surface area (Å²) in [6.07, 6.45) is 0. The fraction of sp³-hybridized carbons (Fsp3) is 0. The molecule has 0 saturated heterocycles. The van der Waals surface area contributed by atoms with Gasteiger partial charge in [-0.25, -0.2) is 0 Å². The van der Waals surface area contributed by atoms with E-state index in [-0.39, 0.29) is 88.7 Å². The van der Waals surface area contributed by atoms with E-state index in [0.29, 0.717) is 0 Å². The fourth-order valence-corrected chi connectivity index (χ4v) is 0. The predicted molar refractivity (Wildman–Crippen MR) is 11.8 cm³/mol. The van der Waals surface area contributed by atoms with Gasteiger partial charge in [-0.3, -0.25) is 8.42 Å². The normalized spacial score (nSPS) is 6.92. The first-order chi connectivity index (χ1) is 3.73. The van der Waals surface area contributed by atoms with E-state index in [1.165, 1.54) is 0 Å². The molecule has 0 fully saturated rings. The Morgan fingerprint density at radius 1 is 0.917 bits per heavy atom. The Hall–Kier alpha value is 3.01. The maximum atomic E-state index is 8.56. The zero-order valence-electron chi connectivity index (χ0n) is 6.71. The molecule has 12 heteroatoms. The van der Waals surface area contributed by atoms with Crippen LogP contribution in [0.15, 0.2) is 0 Å². The molecule has 56 valence electrons. The molecule has 0 saturated carbocycles. The fourth-order valence-electron chi connectivity index (χ4n) is 0. The van der Waals surface area contributed by atoms with E-state index in [1.54, 1.807) is 0 Å². The molecule has 0 aromatic heterocycles. The molecule has 7 nitrogen and oxygen atoms in total. The van der Waals surface area contributed by atoms with E-state index in [4.69, 9.17) is 28.9 Å². The van der Waals surface area contributed by atoms with Crippen LogP contribution in [0.1, 0.15) is 0 Å². The summed E-state index contributed by atoms with van der Waals surface area (Å²) in [5.74, 6) is 0. The molecule has 0 aromatic carbocycles. The summed E-state index contributed by atoms with van der Waals surface area (Å²) in [6, 6.07) is 0. The van der Waals surface area contributed by atoms with Crippen molar-refractivity contribution in [3.05, 3.63) is 0 Å². The molecule has 0 atom stereocenters. The molecule has 0 amide bonds. The van der Waals surface area contributed by atoms with Crippen LogP contribution in [0.2, 0.25) is 0 Å². The molecule has 0 aliphatic rings. The van der Waals surface area contributed by atoms with Gasteiger partial charge in [-0.05, 0) is 0 Å². The number of rotatable bonds is 0. The van der Waals surface area contributed by atoms with Crippen LogP contribution in [0.4, 0.5) is 0 Å². The minimum absolute atomic E-state index is 0. The van der Waals surface area contributed by atoms with Gasteiger partial charge in [-0.2, -0.15) is 0 Å². The first kappa shape index (κ1) is 29.4. The second-order valence-electron chi connectivity index (χ2n) is 0.632. The summed E-state index contributed by atoms with van der Waals surface area (Å²) in [6.45, 7) is 0. The van der Waals surface area contributed by atoms with Crippen molar-refractivity contribution in [1.82, 2.24) is 0 Å². The van der Waals surface area contributed by atoms with Crippen LogP contribution in [-0.2, 0) is 33.1 Å². The molecule has 0 aliphatic carbocycles. The van der Waals surface area contributed by atoms with Crippen molar-refractivity contribution in [2.45, 2.75) is 0 Å². The Morgan fingerprint density at radius 3 is 0.917 bits per heavy atom. The van der Waals surface area contributed by atoms with Crippen molar-refractivity contribution in [1.29, 1.82) is 0 Å². The number of hydrogen-bond donors (Lipinski definition) is 0. The van der Waals surface area contributed by atoms with Gasteiger partial charge in [-0.1, -0.05) is 0 Å². The Morgan fingerprint density at radius 2 is 0.917 bits per heavy atom. The van der Waals surface area contributed by atoms with Crippen LogP contribution in [0.3, 0.4) is 0 Å². The quantitative estimate of drug-likeness (QED) is 0.240. The van der Waals surface area contributed by atoms with Crippen molar-refractivity contribution in [3.63, 3.8) is 0 Å². The van der Waals surface area contributed by atoms with E-state index in [0.717, 1.165) is 0 Å². The van der Waals surface area contributed by atoms with Gasteiger partial charge in [0.1, 0.15) is 0 Å². The van der Waals surface area contributed by atoms with Crippen molar-refractivity contribution in [2.24, 2.45) is 0 Å². The molecule has 0 radical (unpaired) electrons. The van der Waals surface area contributed by atoms with Gasteiger partial charge in [0.15, 0.2) is 0 Å². The molecular weight excluding hydrogens is 264 g/mol. The first-order valence-electron chi connectivity index (χ1n) is 1.21. The van der Waals surface area contributed by atoms with E-state index >= 15 is 0 Å². The molecular formula is Na3O7SV. The second-order valence-corrected chi connectivity index (χ2v) is 2.15. The summed E-state index contributed by atoms with van der Waals surface area (Å²) < 4.78 is 59.8. The van der Waals surface area contributed by atoms with Crippen LogP contribution in [0.5, 0.6) is 0 Å². The SMILES string of the molecule is O=S(=O)([O-])[O-].[Na+].[Na+].[Na+].[O]=[V](=[O])[O-]. The van der Waals surface area contributed by atoms with Gasteiger partial charge in [0.2, 0.25) is 0 Å². The van der Waals surface area contributed by atoms with Gasteiger partial charge in [0, 0.05) is 10.4 Å². The topological polar surface area (TPSA) is 137 Å². The predicted octanol–water partition coefficient (Wildman–Crippen LogP) is -11.8. The van der Waals surface area contributed by atoms with Gasteiger partial charge >= 0.3 is 115 Å². The molecule has 0 spiro atoms. The third kappa shape index (κ3) is 207. The molecule has 0 rings (SSSR count). The van der Waals surface area contributed by atoms with Crippen molar-refractivity contribution < 1.29 is 133 Å². The summed E-state index contributed by atoms with van der Waals surface area (Å²) in [5, 5.41) is 0. The third-order valence-corrected chi connectivity index (χ3v) is 0.